The zero-order chi connectivity index (χ0) is 10.7. The van der Waals surface area contributed by atoms with Crippen LogP contribution in [0.25, 0.3) is 5.69 Å². The molecule has 0 radical (unpaired) electrons. The van der Waals surface area contributed by atoms with Gasteiger partial charge in [-0.3, -0.25) is 4.98 Å². The fourth-order valence-corrected chi connectivity index (χ4v) is 1.61. The van der Waals surface area contributed by atoms with E-state index in [9.17, 15) is 0 Å². The SMILES string of the molecule is CNCc1cnccc1-n1ccnc1C. The maximum Gasteiger partial charge on any atom is 0.110 e. The molecule has 4 nitrogen and oxygen atoms in total. The monoisotopic (exact) mass is 202 g/mol. The van der Waals surface area contributed by atoms with Crippen LogP contribution in [0.15, 0.2) is 30.9 Å². The Bertz CT molecular complexity index is 447. The van der Waals surface area contributed by atoms with Gasteiger partial charge in [0.25, 0.3) is 0 Å². The van der Waals surface area contributed by atoms with Gasteiger partial charge in [-0.05, 0) is 20.0 Å². The number of pyridine rings is 1. The van der Waals surface area contributed by atoms with E-state index in [0.717, 1.165) is 18.1 Å². The van der Waals surface area contributed by atoms with Crippen LogP contribution in [-0.4, -0.2) is 21.6 Å². The van der Waals surface area contributed by atoms with Gasteiger partial charge >= 0.3 is 0 Å². The number of aryl methyl sites for hydroxylation is 1. The molecule has 0 aliphatic heterocycles. The lowest BCUT2D eigenvalue weighted by Crippen LogP contribution is -2.09. The molecule has 0 spiro atoms. The van der Waals surface area contributed by atoms with Gasteiger partial charge in [-0.25, -0.2) is 4.98 Å². The lowest BCUT2D eigenvalue weighted by Gasteiger charge is -2.10. The van der Waals surface area contributed by atoms with Gasteiger partial charge < -0.3 is 9.88 Å². The second-order valence-electron chi connectivity index (χ2n) is 3.38. The van der Waals surface area contributed by atoms with E-state index in [1.54, 1.807) is 12.4 Å². The molecule has 0 saturated carbocycles. The Morgan fingerprint density at radius 1 is 1.40 bits per heavy atom. The molecule has 2 aromatic heterocycles. The van der Waals surface area contributed by atoms with E-state index < -0.39 is 0 Å². The van der Waals surface area contributed by atoms with Gasteiger partial charge in [-0.15, -0.1) is 0 Å². The van der Waals surface area contributed by atoms with Crippen LogP contribution in [0, 0.1) is 6.92 Å². The molecule has 15 heavy (non-hydrogen) atoms. The predicted molar refractivity (Wildman–Crippen MR) is 58.9 cm³/mol. The number of hydrogen-bond donors (Lipinski definition) is 1. The third kappa shape index (κ3) is 1.89. The van der Waals surface area contributed by atoms with E-state index in [2.05, 4.69) is 19.9 Å². The quantitative estimate of drug-likeness (QED) is 0.815. The number of imidazole rings is 1. The molecule has 0 saturated heterocycles. The first-order valence-corrected chi connectivity index (χ1v) is 4.90. The Balaban J connectivity index is 2.48. The third-order valence-electron chi connectivity index (χ3n) is 2.33. The topological polar surface area (TPSA) is 42.7 Å². The molecule has 0 bridgehead atoms. The van der Waals surface area contributed by atoms with Crippen molar-refractivity contribution < 1.29 is 0 Å². The molecule has 2 rings (SSSR count). The largest absolute Gasteiger partial charge is 0.316 e. The summed E-state index contributed by atoms with van der Waals surface area (Å²) >= 11 is 0. The van der Waals surface area contributed by atoms with Crippen molar-refractivity contribution in [2.45, 2.75) is 13.5 Å². The zero-order valence-electron chi connectivity index (χ0n) is 8.94. The first-order valence-electron chi connectivity index (χ1n) is 4.90. The first kappa shape index (κ1) is 9.86. The highest BCUT2D eigenvalue weighted by Crippen LogP contribution is 2.14. The van der Waals surface area contributed by atoms with Crippen molar-refractivity contribution in [2.75, 3.05) is 7.05 Å². The molecule has 0 aliphatic carbocycles. The van der Waals surface area contributed by atoms with Crippen LogP contribution in [0.1, 0.15) is 11.4 Å². The molecular weight excluding hydrogens is 188 g/mol. The molecule has 0 aliphatic rings. The van der Waals surface area contributed by atoms with Gasteiger partial charge in [0, 0.05) is 36.9 Å². The van der Waals surface area contributed by atoms with Gasteiger partial charge in [-0.1, -0.05) is 0 Å². The van der Waals surface area contributed by atoms with Crippen molar-refractivity contribution in [3.8, 4) is 5.69 Å². The van der Waals surface area contributed by atoms with Gasteiger partial charge in [0.05, 0.1) is 5.69 Å². The Labute approximate surface area is 89.0 Å². The minimum absolute atomic E-state index is 0.806. The highest BCUT2D eigenvalue weighted by atomic mass is 15.1. The Morgan fingerprint density at radius 3 is 2.93 bits per heavy atom. The second kappa shape index (κ2) is 4.23. The highest BCUT2D eigenvalue weighted by Gasteiger charge is 2.05. The fraction of sp³-hybridized carbons (Fsp3) is 0.273. The predicted octanol–water partition coefficient (Wildman–Crippen LogP) is 1.30. The summed E-state index contributed by atoms with van der Waals surface area (Å²) in [6, 6.07) is 2.00. The summed E-state index contributed by atoms with van der Waals surface area (Å²) < 4.78 is 2.06. The maximum absolute atomic E-state index is 4.22. The van der Waals surface area contributed by atoms with Crippen LogP contribution in [0.3, 0.4) is 0 Å². The van der Waals surface area contributed by atoms with E-state index in [4.69, 9.17) is 0 Å². The lowest BCUT2D eigenvalue weighted by atomic mass is 10.2. The van der Waals surface area contributed by atoms with Crippen LogP contribution in [0.4, 0.5) is 0 Å². The summed E-state index contributed by atoms with van der Waals surface area (Å²) in [4.78, 5) is 8.35. The number of rotatable bonds is 3. The molecule has 0 atom stereocenters. The van der Waals surface area contributed by atoms with Crippen LogP contribution < -0.4 is 5.32 Å². The van der Waals surface area contributed by atoms with Gasteiger partial charge in [0.1, 0.15) is 5.82 Å². The molecule has 78 valence electrons. The average Bonchev–Trinajstić information content (AvgIpc) is 2.66. The van der Waals surface area contributed by atoms with Gasteiger partial charge in [0.15, 0.2) is 0 Å². The van der Waals surface area contributed by atoms with E-state index in [1.807, 2.05) is 32.4 Å². The number of aromatic nitrogens is 3. The van der Waals surface area contributed by atoms with Gasteiger partial charge in [-0.2, -0.15) is 0 Å². The van der Waals surface area contributed by atoms with E-state index >= 15 is 0 Å². The summed E-state index contributed by atoms with van der Waals surface area (Å²) in [5.41, 5.74) is 2.30. The van der Waals surface area contributed by atoms with E-state index in [0.29, 0.717) is 0 Å². The summed E-state index contributed by atoms with van der Waals surface area (Å²) in [6.07, 6.45) is 7.45. The molecule has 0 aromatic carbocycles. The molecule has 0 unspecified atom stereocenters. The van der Waals surface area contributed by atoms with E-state index in [1.165, 1.54) is 5.56 Å². The number of nitrogens with one attached hydrogen (secondary N) is 1. The van der Waals surface area contributed by atoms with Crippen molar-refractivity contribution in [3.05, 3.63) is 42.2 Å². The lowest BCUT2D eigenvalue weighted by molar-refractivity contribution is 0.798. The smallest absolute Gasteiger partial charge is 0.110 e. The molecule has 1 N–H and O–H groups in total. The molecule has 2 aromatic rings. The molecule has 0 amide bonds. The first-order chi connectivity index (χ1) is 7.33. The van der Waals surface area contributed by atoms with Crippen molar-refractivity contribution in [2.24, 2.45) is 0 Å². The van der Waals surface area contributed by atoms with E-state index in [-0.39, 0.29) is 0 Å². The number of hydrogen-bond acceptors (Lipinski definition) is 3. The molecule has 2 heterocycles. The summed E-state index contributed by atoms with van der Waals surface area (Å²) in [6.45, 7) is 2.80. The normalized spacial score (nSPS) is 10.5. The minimum Gasteiger partial charge on any atom is -0.316 e. The standard InChI is InChI=1S/C11H14N4/c1-9-14-5-6-15(9)11-3-4-13-8-10(11)7-12-2/h3-6,8,12H,7H2,1-2H3. The Morgan fingerprint density at radius 2 is 2.27 bits per heavy atom. The summed E-state index contributed by atoms with van der Waals surface area (Å²) in [5, 5.41) is 3.13. The Kier molecular flexibility index (Phi) is 2.78. The number of nitrogens with zero attached hydrogens (tertiary/aromatic N) is 3. The van der Waals surface area contributed by atoms with Crippen LogP contribution in [-0.2, 0) is 6.54 Å². The average molecular weight is 202 g/mol. The highest BCUT2D eigenvalue weighted by molar-refractivity contribution is 5.39. The summed E-state index contributed by atoms with van der Waals surface area (Å²) in [5.74, 6) is 0.985. The Hall–Kier alpha value is -1.68. The zero-order valence-corrected chi connectivity index (χ0v) is 8.94. The molecule has 0 fully saturated rings. The van der Waals surface area contributed by atoms with Crippen LogP contribution >= 0.6 is 0 Å². The third-order valence-corrected chi connectivity index (χ3v) is 2.33. The second-order valence-corrected chi connectivity index (χ2v) is 3.38. The van der Waals surface area contributed by atoms with Crippen LogP contribution in [0.2, 0.25) is 0 Å². The fourth-order valence-electron chi connectivity index (χ4n) is 1.61. The van der Waals surface area contributed by atoms with Crippen molar-refractivity contribution in [3.63, 3.8) is 0 Å². The maximum atomic E-state index is 4.22. The molecule has 4 heteroatoms. The minimum atomic E-state index is 0.806. The van der Waals surface area contributed by atoms with Crippen molar-refractivity contribution in [1.82, 2.24) is 19.9 Å². The van der Waals surface area contributed by atoms with Crippen molar-refractivity contribution >= 4 is 0 Å². The van der Waals surface area contributed by atoms with Crippen LogP contribution in [0.5, 0.6) is 0 Å². The van der Waals surface area contributed by atoms with Crippen molar-refractivity contribution in [1.29, 1.82) is 0 Å². The van der Waals surface area contributed by atoms with Gasteiger partial charge in [0.2, 0.25) is 0 Å². The summed E-state index contributed by atoms with van der Waals surface area (Å²) in [7, 11) is 1.93. The molecular formula is C11H14N4.